The second-order valence-electron chi connectivity index (χ2n) is 3.65. The molecule has 2 aromatic rings. The highest BCUT2D eigenvalue weighted by Crippen LogP contribution is 2.16. The van der Waals surface area contributed by atoms with E-state index in [1.54, 1.807) is 24.2 Å². The fourth-order valence-electron chi connectivity index (χ4n) is 1.38. The summed E-state index contributed by atoms with van der Waals surface area (Å²) >= 11 is 1.63. The average molecular weight is 261 g/mol. The van der Waals surface area contributed by atoms with Crippen LogP contribution < -0.4 is 10.5 Å². The molecule has 1 aromatic carbocycles. The van der Waals surface area contributed by atoms with Gasteiger partial charge in [-0.3, -0.25) is 0 Å². The molecule has 0 aliphatic heterocycles. The summed E-state index contributed by atoms with van der Waals surface area (Å²) in [5, 5.41) is 0.807. The van der Waals surface area contributed by atoms with Gasteiger partial charge in [-0.1, -0.05) is 17.8 Å². The van der Waals surface area contributed by atoms with Gasteiger partial charge in [0.2, 0.25) is 0 Å². The lowest BCUT2D eigenvalue weighted by atomic mass is 10.3. The van der Waals surface area contributed by atoms with Crippen molar-refractivity contribution in [1.82, 2.24) is 9.97 Å². The summed E-state index contributed by atoms with van der Waals surface area (Å²) in [4.78, 5) is 8.28. The largest absolute Gasteiger partial charge is 0.493 e. The summed E-state index contributed by atoms with van der Waals surface area (Å²) < 4.78 is 5.59. The monoisotopic (exact) mass is 261 g/mol. The second-order valence-corrected chi connectivity index (χ2v) is 4.72. The fraction of sp³-hybridized carbons (Fsp3) is 0.231. The molecular weight excluding hydrogens is 246 g/mol. The van der Waals surface area contributed by atoms with Crippen molar-refractivity contribution in [3.8, 4) is 5.75 Å². The molecule has 0 aliphatic rings. The van der Waals surface area contributed by atoms with Crippen molar-refractivity contribution in [3.05, 3.63) is 42.7 Å². The highest BCUT2D eigenvalue weighted by atomic mass is 32.2. The molecule has 0 fully saturated rings. The third kappa shape index (κ3) is 4.25. The maximum Gasteiger partial charge on any atom is 0.187 e. The van der Waals surface area contributed by atoms with Crippen molar-refractivity contribution in [2.45, 2.75) is 11.6 Å². The minimum Gasteiger partial charge on any atom is -0.493 e. The molecule has 0 aliphatic carbocycles. The smallest absolute Gasteiger partial charge is 0.187 e. The first kappa shape index (κ1) is 12.7. The maximum absolute atomic E-state index is 5.66. The minimum absolute atomic E-state index is 0.670. The lowest BCUT2D eigenvalue weighted by Gasteiger charge is -2.06. The Morgan fingerprint density at radius 3 is 2.78 bits per heavy atom. The third-order valence-corrected chi connectivity index (χ3v) is 3.15. The molecule has 2 N–H and O–H groups in total. The molecule has 0 atom stereocenters. The first-order valence-electron chi connectivity index (χ1n) is 5.73. The van der Waals surface area contributed by atoms with E-state index in [0.29, 0.717) is 6.61 Å². The average Bonchev–Trinajstić information content (AvgIpc) is 2.40. The van der Waals surface area contributed by atoms with E-state index in [9.17, 15) is 0 Å². The highest BCUT2D eigenvalue weighted by molar-refractivity contribution is 7.99. The molecule has 1 aromatic heterocycles. The van der Waals surface area contributed by atoms with E-state index in [-0.39, 0.29) is 0 Å². The zero-order chi connectivity index (χ0) is 12.6. The zero-order valence-electron chi connectivity index (χ0n) is 9.95. The summed E-state index contributed by atoms with van der Waals surface area (Å²) in [5.41, 5.74) is 6.39. The second kappa shape index (κ2) is 6.86. The Morgan fingerprint density at radius 2 is 2.00 bits per heavy atom. The van der Waals surface area contributed by atoms with Gasteiger partial charge in [0.05, 0.1) is 6.61 Å². The summed E-state index contributed by atoms with van der Waals surface area (Å²) in [7, 11) is 0. The lowest BCUT2D eigenvalue weighted by Crippen LogP contribution is -1.99. The number of thioether (sulfide) groups is 1. The minimum atomic E-state index is 0.670. The van der Waals surface area contributed by atoms with Gasteiger partial charge in [-0.2, -0.15) is 0 Å². The summed E-state index contributed by atoms with van der Waals surface area (Å²) in [6.07, 6.45) is 4.44. The molecule has 0 amide bonds. The first-order valence-corrected chi connectivity index (χ1v) is 6.71. The summed E-state index contributed by atoms with van der Waals surface area (Å²) in [6.45, 7) is 0.670. The van der Waals surface area contributed by atoms with Crippen LogP contribution in [0.4, 0.5) is 5.69 Å². The van der Waals surface area contributed by atoms with Crippen LogP contribution in [0.25, 0.3) is 0 Å². The van der Waals surface area contributed by atoms with Gasteiger partial charge in [-0.15, -0.1) is 0 Å². The lowest BCUT2D eigenvalue weighted by molar-refractivity contribution is 0.319. The van der Waals surface area contributed by atoms with Gasteiger partial charge in [-0.25, -0.2) is 9.97 Å². The molecule has 1 heterocycles. The van der Waals surface area contributed by atoms with Crippen molar-refractivity contribution >= 4 is 17.4 Å². The zero-order valence-corrected chi connectivity index (χ0v) is 10.8. The molecule has 0 spiro atoms. The van der Waals surface area contributed by atoms with Crippen LogP contribution in [-0.4, -0.2) is 22.3 Å². The van der Waals surface area contributed by atoms with Gasteiger partial charge in [-0.05, 0) is 24.6 Å². The number of hydrogen-bond acceptors (Lipinski definition) is 5. The van der Waals surface area contributed by atoms with Gasteiger partial charge >= 0.3 is 0 Å². The summed E-state index contributed by atoms with van der Waals surface area (Å²) in [5.74, 6) is 1.75. The van der Waals surface area contributed by atoms with Gasteiger partial charge in [0.15, 0.2) is 5.16 Å². The van der Waals surface area contributed by atoms with Gasteiger partial charge < -0.3 is 10.5 Å². The van der Waals surface area contributed by atoms with Gasteiger partial charge in [0.1, 0.15) is 5.75 Å². The number of ether oxygens (including phenoxy) is 1. The molecule has 0 radical (unpaired) electrons. The van der Waals surface area contributed by atoms with Crippen molar-refractivity contribution in [1.29, 1.82) is 0 Å². The highest BCUT2D eigenvalue weighted by Gasteiger charge is 1.97. The molecule has 0 bridgehead atoms. The molecular formula is C13H15N3OS. The van der Waals surface area contributed by atoms with E-state index in [2.05, 4.69) is 9.97 Å². The molecule has 18 heavy (non-hydrogen) atoms. The van der Waals surface area contributed by atoms with Crippen LogP contribution in [0, 0.1) is 0 Å². The number of nitrogens with two attached hydrogens (primary N) is 1. The summed E-state index contributed by atoms with van der Waals surface area (Å²) in [6, 6.07) is 9.27. The number of nitrogen functional groups attached to an aromatic ring is 1. The number of aromatic nitrogens is 2. The number of hydrogen-bond donors (Lipinski definition) is 1. The van der Waals surface area contributed by atoms with Crippen LogP contribution in [0.1, 0.15) is 6.42 Å². The molecule has 5 heteroatoms. The van der Waals surface area contributed by atoms with Crippen LogP contribution in [0.2, 0.25) is 0 Å². The SMILES string of the molecule is Nc1cccc(OCCCSc2ncccn2)c1. The predicted octanol–water partition coefficient (Wildman–Crippen LogP) is 2.62. The number of benzene rings is 1. The number of nitrogens with zero attached hydrogens (tertiary/aromatic N) is 2. The molecule has 94 valence electrons. The molecule has 0 saturated carbocycles. The Morgan fingerprint density at radius 1 is 1.17 bits per heavy atom. The van der Waals surface area contributed by atoms with Crippen molar-refractivity contribution in [2.75, 3.05) is 18.1 Å². The van der Waals surface area contributed by atoms with Crippen LogP contribution >= 0.6 is 11.8 Å². The number of rotatable bonds is 6. The van der Waals surface area contributed by atoms with Crippen LogP contribution in [0.3, 0.4) is 0 Å². The topological polar surface area (TPSA) is 61.0 Å². The van der Waals surface area contributed by atoms with Crippen molar-refractivity contribution in [3.63, 3.8) is 0 Å². The number of anilines is 1. The normalized spacial score (nSPS) is 10.2. The van der Waals surface area contributed by atoms with Crippen molar-refractivity contribution < 1.29 is 4.74 Å². The third-order valence-electron chi connectivity index (χ3n) is 2.19. The Hall–Kier alpha value is -1.75. The Kier molecular flexibility index (Phi) is 4.84. The molecule has 0 unspecified atom stereocenters. The molecule has 2 rings (SSSR count). The quantitative estimate of drug-likeness (QED) is 0.375. The molecule has 0 saturated heterocycles. The fourth-order valence-corrected chi connectivity index (χ4v) is 2.09. The van der Waals surface area contributed by atoms with Crippen molar-refractivity contribution in [2.24, 2.45) is 0 Å². The van der Waals surface area contributed by atoms with E-state index in [1.165, 1.54) is 0 Å². The Bertz CT molecular complexity index is 479. The first-order chi connectivity index (χ1) is 8.84. The Labute approximate surface area is 111 Å². The van der Waals surface area contributed by atoms with Crippen LogP contribution in [0.15, 0.2) is 47.9 Å². The van der Waals surface area contributed by atoms with Gasteiger partial charge in [0, 0.05) is 29.9 Å². The van der Waals surface area contributed by atoms with Gasteiger partial charge in [0.25, 0.3) is 0 Å². The Balaban J connectivity index is 1.65. The standard InChI is InChI=1S/C13H15N3OS/c14-11-4-1-5-12(10-11)17-8-3-9-18-13-15-6-2-7-16-13/h1-2,4-7,10H,3,8-9,14H2. The van der Waals surface area contributed by atoms with E-state index in [4.69, 9.17) is 10.5 Å². The van der Waals surface area contributed by atoms with Crippen LogP contribution in [-0.2, 0) is 0 Å². The van der Waals surface area contributed by atoms with E-state index >= 15 is 0 Å². The van der Waals surface area contributed by atoms with Crippen LogP contribution in [0.5, 0.6) is 5.75 Å². The van der Waals surface area contributed by atoms with E-state index < -0.39 is 0 Å². The van der Waals surface area contributed by atoms with E-state index in [0.717, 1.165) is 28.8 Å². The van der Waals surface area contributed by atoms with E-state index in [1.807, 2.05) is 30.3 Å². The molecule has 4 nitrogen and oxygen atoms in total. The predicted molar refractivity (Wildman–Crippen MR) is 73.7 cm³/mol. The maximum atomic E-state index is 5.66.